The first-order chi connectivity index (χ1) is 10.3. The van der Waals surface area contributed by atoms with Crippen LogP contribution in [0.15, 0.2) is 18.2 Å². The van der Waals surface area contributed by atoms with Gasteiger partial charge < -0.3 is 14.9 Å². The maximum atomic E-state index is 12.4. The van der Waals surface area contributed by atoms with Crippen LogP contribution in [0.3, 0.4) is 0 Å². The first kappa shape index (κ1) is 16.8. The van der Waals surface area contributed by atoms with Crippen molar-refractivity contribution in [1.82, 2.24) is 4.90 Å². The van der Waals surface area contributed by atoms with Gasteiger partial charge in [0.15, 0.2) is 0 Å². The second-order valence-electron chi connectivity index (χ2n) is 5.82. The summed E-state index contributed by atoms with van der Waals surface area (Å²) in [6.07, 6.45) is 0.188. The van der Waals surface area contributed by atoms with E-state index in [0.717, 1.165) is 11.3 Å². The molecule has 1 aliphatic rings. The zero-order chi connectivity index (χ0) is 16.4. The second kappa shape index (κ2) is 6.67. The molecule has 0 spiro atoms. The first-order valence-electron chi connectivity index (χ1n) is 7.29. The Morgan fingerprint density at radius 1 is 1.55 bits per heavy atom. The Balaban J connectivity index is 2.17. The fraction of sp³-hybridized carbons (Fsp3) is 0.500. The van der Waals surface area contributed by atoms with Crippen LogP contribution < -0.4 is 4.90 Å². The second-order valence-corrected chi connectivity index (χ2v) is 6.25. The minimum atomic E-state index is -0.384. The number of halogens is 1. The standard InChI is InChI=1S/C16H21ClN2O3/c1-10-4-5-13(17)7-14(10)19-8-12(6-15(19)21)16(22)18(3)11(2)9-20/h4-5,7,11-12,20H,6,8-9H2,1-3H3. The normalized spacial score (nSPS) is 19.4. The number of benzene rings is 1. The Morgan fingerprint density at radius 2 is 2.23 bits per heavy atom. The number of hydrogen-bond acceptors (Lipinski definition) is 3. The monoisotopic (exact) mass is 324 g/mol. The third-order valence-corrected chi connectivity index (χ3v) is 4.44. The van der Waals surface area contributed by atoms with E-state index in [4.69, 9.17) is 16.7 Å². The van der Waals surface area contributed by atoms with Crippen molar-refractivity contribution in [2.45, 2.75) is 26.3 Å². The van der Waals surface area contributed by atoms with Crippen molar-refractivity contribution in [3.8, 4) is 0 Å². The fourth-order valence-corrected chi connectivity index (χ4v) is 2.77. The fourth-order valence-electron chi connectivity index (χ4n) is 2.61. The zero-order valence-electron chi connectivity index (χ0n) is 13.0. The van der Waals surface area contributed by atoms with Gasteiger partial charge in [-0.3, -0.25) is 9.59 Å². The predicted octanol–water partition coefficient (Wildman–Crippen LogP) is 1.84. The van der Waals surface area contributed by atoms with Crippen molar-refractivity contribution >= 4 is 29.1 Å². The molecule has 5 nitrogen and oxygen atoms in total. The Kier molecular flexibility index (Phi) is 5.08. The Morgan fingerprint density at radius 3 is 2.86 bits per heavy atom. The molecule has 2 rings (SSSR count). The summed E-state index contributed by atoms with van der Waals surface area (Å²) in [5.74, 6) is -0.573. The van der Waals surface area contributed by atoms with E-state index in [1.54, 1.807) is 31.0 Å². The minimum absolute atomic E-state index is 0.0752. The minimum Gasteiger partial charge on any atom is -0.394 e. The number of rotatable bonds is 4. The first-order valence-corrected chi connectivity index (χ1v) is 7.67. The molecule has 0 aromatic heterocycles. The van der Waals surface area contributed by atoms with Gasteiger partial charge in [-0.1, -0.05) is 17.7 Å². The van der Waals surface area contributed by atoms with Crippen LogP contribution >= 0.6 is 11.6 Å². The molecule has 2 amide bonds. The van der Waals surface area contributed by atoms with Gasteiger partial charge in [0.25, 0.3) is 0 Å². The summed E-state index contributed by atoms with van der Waals surface area (Å²) in [5.41, 5.74) is 1.70. The van der Waals surface area contributed by atoms with Gasteiger partial charge in [0.1, 0.15) is 0 Å². The molecule has 1 aromatic rings. The lowest BCUT2D eigenvalue weighted by atomic mass is 10.1. The number of amides is 2. The van der Waals surface area contributed by atoms with Crippen LogP contribution in [0.25, 0.3) is 0 Å². The van der Waals surface area contributed by atoms with Gasteiger partial charge in [0.2, 0.25) is 11.8 Å². The lowest BCUT2D eigenvalue weighted by molar-refractivity contribution is -0.137. The van der Waals surface area contributed by atoms with Crippen molar-refractivity contribution < 1.29 is 14.7 Å². The molecule has 0 saturated carbocycles. The van der Waals surface area contributed by atoms with Crippen molar-refractivity contribution in [1.29, 1.82) is 0 Å². The lowest BCUT2D eigenvalue weighted by Crippen LogP contribution is -2.41. The highest BCUT2D eigenvalue weighted by Gasteiger charge is 2.37. The largest absolute Gasteiger partial charge is 0.394 e. The number of aliphatic hydroxyl groups is 1. The Bertz CT molecular complexity index is 591. The van der Waals surface area contributed by atoms with E-state index < -0.39 is 0 Å². The third-order valence-electron chi connectivity index (χ3n) is 4.21. The van der Waals surface area contributed by atoms with E-state index >= 15 is 0 Å². The molecule has 1 fully saturated rings. The molecular formula is C16H21ClN2O3. The molecule has 120 valence electrons. The summed E-state index contributed by atoms with van der Waals surface area (Å²) in [5, 5.41) is 9.72. The van der Waals surface area contributed by atoms with E-state index in [9.17, 15) is 9.59 Å². The van der Waals surface area contributed by atoms with Crippen LogP contribution in [0.4, 0.5) is 5.69 Å². The SMILES string of the molecule is Cc1ccc(Cl)cc1N1CC(C(=O)N(C)C(C)CO)CC1=O. The summed E-state index contributed by atoms with van der Waals surface area (Å²) in [7, 11) is 1.65. The Labute approximate surface area is 135 Å². The highest BCUT2D eigenvalue weighted by molar-refractivity contribution is 6.31. The molecule has 0 bridgehead atoms. The molecular weight excluding hydrogens is 304 g/mol. The van der Waals surface area contributed by atoms with Crippen molar-refractivity contribution in [2.75, 3.05) is 25.1 Å². The van der Waals surface area contributed by atoms with E-state index in [-0.39, 0.29) is 36.8 Å². The van der Waals surface area contributed by atoms with Gasteiger partial charge in [0, 0.05) is 30.7 Å². The highest BCUT2D eigenvalue weighted by atomic mass is 35.5. The molecule has 6 heteroatoms. The summed E-state index contributed by atoms with van der Waals surface area (Å²) < 4.78 is 0. The number of anilines is 1. The van der Waals surface area contributed by atoms with Gasteiger partial charge >= 0.3 is 0 Å². The molecule has 1 heterocycles. The number of likely N-dealkylation sites (N-methyl/N-ethyl adjacent to an activating group) is 1. The Hall–Kier alpha value is -1.59. The van der Waals surface area contributed by atoms with Crippen molar-refractivity contribution in [2.24, 2.45) is 5.92 Å². The van der Waals surface area contributed by atoms with Crippen molar-refractivity contribution in [3.63, 3.8) is 0 Å². The molecule has 0 radical (unpaired) electrons. The zero-order valence-corrected chi connectivity index (χ0v) is 13.8. The van der Waals surface area contributed by atoms with Crippen LogP contribution in [0.1, 0.15) is 18.9 Å². The van der Waals surface area contributed by atoms with Gasteiger partial charge in [0.05, 0.1) is 18.6 Å². The molecule has 1 N–H and O–H groups in total. The summed E-state index contributed by atoms with van der Waals surface area (Å²) in [6.45, 7) is 3.93. The van der Waals surface area contributed by atoms with Gasteiger partial charge in [-0.15, -0.1) is 0 Å². The number of carbonyl (C=O) groups excluding carboxylic acids is 2. The van der Waals surface area contributed by atoms with E-state index in [1.165, 1.54) is 4.90 Å². The molecule has 2 unspecified atom stereocenters. The van der Waals surface area contributed by atoms with Crippen LogP contribution in [0.2, 0.25) is 5.02 Å². The van der Waals surface area contributed by atoms with Crippen molar-refractivity contribution in [3.05, 3.63) is 28.8 Å². The van der Waals surface area contributed by atoms with Crippen LogP contribution in [0, 0.1) is 12.8 Å². The van der Waals surface area contributed by atoms with E-state index in [0.29, 0.717) is 11.6 Å². The quantitative estimate of drug-likeness (QED) is 0.919. The van der Waals surface area contributed by atoms with E-state index in [2.05, 4.69) is 0 Å². The molecule has 1 aliphatic heterocycles. The number of hydrogen-bond donors (Lipinski definition) is 1. The average Bonchev–Trinajstić information content (AvgIpc) is 2.89. The lowest BCUT2D eigenvalue weighted by Gasteiger charge is -2.26. The number of aryl methyl sites for hydroxylation is 1. The van der Waals surface area contributed by atoms with Crippen LogP contribution in [0.5, 0.6) is 0 Å². The third kappa shape index (κ3) is 3.25. The smallest absolute Gasteiger partial charge is 0.228 e. The van der Waals surface area contributed by atoms with E-state index in [1.807, 2.05) is 13.0 Å². The van der Waals surface area contributed by atoms with Crippen LogP contribution in [-0.2, 0) is 9.59 Å². The molecule has 22 heavy (non-hydrogen) atoms. The summed E-state index contributed by atoms with van der Waals surface area (Å²) >= 11 is 6.01. The molecule has 2 atom stereocenters. The van der Waals surface area contributed by atoms with Gasteiger partial charge in [-0.05, 0) is 31.5 Å². The number of nitrogens with zero attached hydrogens (tertiary/aromatic N) is 2. The number of aliphatic hydroxyl groups excluding tert-OH is 1. The molecule has 0 aliphatic carbocycles. The predicted molar refractivity (Wildman–Crippen MR) is 86.0 cm³/mol. The summed E-state index contributed by atoms with van der Waals surface area (Å²) in [4.78, 5) is 27.8. The number of carbonyl (C=O) groups is 2. The molecule has 1 saturated heterocycles. The maximum Gasteiger partial charge on any atom is 0.228 e. The van der Waals surface area contributed by atoms with Gasteiger partial charge in [-0.25, -0.2) is 0 Å². The van der Waals surface area contributed by atoms with Gasteiger partial charge in [-0.2, -0.15) is 0 Å². The maximum absolute atomic E-state index is 12.4. The average molecular weight is 325 g/mol. The highest BCUT2D eigenvalue weighted by Crippen LogP contribution is 2.30. The topological polar surface area (TPSA) is 60.9 Å². The molecule has 1 aromatic carbocycles. The van der Waals surface area contributed by atoms with Crippen LogP contribution in [-0.4, -0.2) is 48.1 Å². The summed E-state index contributed by atoms with van der Waals surface area (Å²) in [6, 6.07) is 5.13.